The van der Waals surface area contributed by atoms with Crippen molar-refractivity contribution in [2.45, 2.75) is 19.3 Å². The van der Waals surface area contributed by atoms with E-state index in [1.54, 1.807) is 42.5 Å². The number of hydrogen-bond donors (Lipinski definition) is 0. The van der Waals surface area contributed by atoms with E-state index in [-0.39, 0.29) is 11.6 Å². The minimum atomic E-state index is -1.32. The number of carbonyl (C=O) groups is 1. The highest BCUT2D eigenvalue weighted by molar-refractivity contribution is 5.84. The summed E-state index contributed by atoms with van der Waals surface area (Å²) in [7, 11) is 1.19. The van der Waals surface area contributed by atoms with Crippen LogP contribution in [0.5, 0.6) is 11.6 Å². The van der Waals surface area contributed by atoms with Crippen LogP contribution in [-0.2, 0) is 16.0 Å². The fourth-order valence-corrected chi connectivity index (χ4v) is 3.28. The molecule has 8 heteroatoms. The quantitative estimate of drug-likeness (QED) is 0.356. The number of benzene rings is 2. The van der Waals surface area contributed by atoms with Crippen molar-refractivity contribution in [3.8, 4) is 17.7 Å². The fourth-order valence-electron chi connectivity index (χ4n) is 3.28. The monoisotopic (exact) mass is 415 g/mol. The molecule has 0 bridgehead atoms. The van der Waals surface area contributed by atoms with Crippen LogP contribution in [-0.4, -0.2) is 23.0 Å². The average Bonchev–Trinajstić information content (AvgIpc) is 2.78. The molecule has 0 aliphatic carbocycles. The lowest BCUT2D eigenvalue weighted by atomic mass is 10.1. The van der Waals surface area contributed by atoms with Crippen LogP contribution in [0, 0.1) is 11.3 Å². The van der Waals surface area contributed by atoms with Crippen LogP contribution in [0.25, 0.3) is 22.0 Å². The summed E-state index contributed by atoms with van der Waals surface area (Å²) in [6.45, 7) is 1.95. The number of aromatic nitrogens is 2. The molecule has 154 valence electrons. The maximum atomic E-state index is 12.1. The number of rotatable bonds is 5. The number of methoxy groups -OCH3 is 1. The molecule has 0 saturated carbocycles. The third-order valence-electron chi connectivity index (χ3n) is 4.80. The summed E-state index contributed by atoms with van der Waals surface area (Å²) >= 11 is 0. The summed E-state index contributed by atoms with van der Waals surface area (Å²) in [5.41, 5.74) is 1.84. The van der Waals surface area contributed by atoms with E-state index in [2.05, 4.69) is 9.97 Å². The standard InChI is InChI=1S/C23H17N3O5/c1-3-13-10-20(27)31-19-11-14(8-9-15(13)19)30-22-21(16(12-24)23(28)29-2)25-17-6-4-5-7-18(17)26-22/h4-11,16H,3H2,1-2H3. The van der Waals surface area contributed by atoms with Gasteiger partial charge in [-0.2, -0.15) is 5.26 Å². The van der Waals surface area contributed by atoms with Gasteiger partial charge >= 0.3 is 11.6 Å². The summed E-state index contributed by atoms with van der Waals surface area (Å²) in [4.78, 5) is 32.9. The second-order valence-electron chi connectivity index (χ2n) is 6.69. The van der Waals surface area contributed by atoms with Crippen molar-refractivity contribution in [3.63, 3.8) is 0 Å². The Morgan fingerprint density at radius 2 is 1.90 bits per heavy atom. The van der Waals surface area contributed by atoms with Crippen LogP contribution in [0.2, 0.25) is 0 Å². The average molecular weight is 415 g/mol. The molecular weight excluding hydrogens is 398 g/mol. The molecule has 4 rings (SSSR count). The van der Waals surface area contributed by atoms with Crippen LogP contribution in [0.15, 0.2) is 57.7 Å². The van der Waals surface area contributed by atoms with Crippen LogP contribution < -0.4 is 10.4 Å². The van der Waals surface area contributed by atoms with Gasteiger partial charge in [0.05, 0.1) is 24.2 Å². The summed E-state index contributed by atoms with van der Waals surface area (Å²) < 4.78 is 16.0. The Kier molecular flexibility index (Phi) is 5.33. The van der Waals surface area contributed by atoms with Gasteiger partial charge in [-0.1, -0.05) is 19.1 Å². The smallest absolute Gasteiger partial charge is 0.336 e. The maximum Gasteiger partial charge on any atom is 0.336 e. The molecule has 0 N–H and O–H groups in total. The molecule has 0 saturated heterocycles. The van der Waals surface area contributed by atoms with Gasteiger partial charge in [0.25, 0.3) is 0 Å². The molecule has 0 fully saturated rings. The number of hydrogen-bond acceptors (Lipinski definition) is 8. The Balaban J connectivity index is 1.85. The first kappa shape index (κ1) is 20.0. The molecule has 1 atom stereocenters. The predicted molar refractivity (Wildman–Crippen MR) is 112 cm³/mol. The molecule has 0 radical (unpaired) electrons. The van der Waals surface area contributed by atoms with Gasteiger partial charge in [0, 0.05) is 17.5 Å². The van der Waals surface area contributed by atoms with E-state index >= 15 is 0 Å². The Bertz CT molecular complexity index is 1400. The molecule has 8 nitrogen and oxygen atoms in total. The molecule has 0 amide bonds. The first-order valence-corrected chi connectivity index (χ1v) is 9.52. The highest BCUT2D eigenvalue weighted by Crippen LogP contribution is 2.32. The number of aryl methyl sites for hydroxylation is 1. The van der Waals surface area contributed by atoms with Gasteiger partial charge in [-0.25, -0.2) is 14.8 Å². The maximum absolute atomic E-state index is 12.1. The van der Waals surface area contributed by atoms with E-state index < -0.39 is 17.5 Å². The molecule has 31 heavy (non-hydrogen) atoms. The number of nitriles is 1. The van der Waals surface area contributed by atoms with Gasteiger partial charge in [0.2, 0.25) is 5.88 Å². The molecule has 2 aromatic carbocycles. The van der Waals surface area contributed by atoms with Crippen molar-refractivity contribution in [1.29, 1.82) is 5.26 Å². The topological polar surface area (TPSA) is 115 Å². The second kappa shape index (κ2) is 8.24. The molecule has 2 heterocycles. The van der Waals surface area contributed by atoms with Crippen LogP contribution >= 0.6 is 0 Å². The Hall–Kier alpha value is -4.25. The van der Waals surface area contributed by atoms with E-state index in [0.29, 0.717) is 28.8 Å². The summed E-state index contributed by atoms with van der Waals surface area (Å²) in [5.74, 6) is -1.78. The first-order valence-electron chi connectivity index (χ1n) is 9.52. The molecule has 0 aliphatic heterocycles. The third-order valence-corrected chi connectivity index (χ3v) is 4.80. The molecular formula is C23H17N3O5. The number of para-hydroxylation sites is 2. The lowest BCUT2D eigenvalue weighted by Gasteiger charge is -2.13. The zero-order chi connectivity index (χ0) is 22.0. The Morgan fingerprint density at radius 1 is 1.16 bits per heavy atom. The fraction of sp³-hybridized carbons (Fsp3) is 0.174. The zero-order valence-electron chi connectivity index (χ0n) is 16.8. The van der Waals surface area contributed by atoms with E-state index in [1.807, 2.05) is 13.0 Å². The van der Waals surface area contributed by atoms with Gasteiger partial charge in [0.1, 0.15) is 17.0 Å². The summed E-state index contributed by atoms with van der Waals surface area (Å²) in [5, 5.41) is 10.3. The SMILES string of the molecule is CCc1cc(=O)oc2cc(Oc3nc4ccccc4nc3C(C#N)C(=O)OC)ccc12. The minimum Gasteiger partial charge on any atom is -0.468 e. The van der Waals surface area contributed by atoms with Crippen molar-refractivity contribution in [1.82, 2.24) is 9.97 Å². The highest BCUT2D eigenvalue weighted by atomic mass is 16.5. The number of ether oxygens (including phenoxy) is 2. The normalized spacial score (nSPS) is 11.8. The van der Waals surface area contributed by atoms with Crippen molar-refractivity contribution >= 4 is 28.0 Å². The van der Waals surface area contributed by atoms with Gasteiger partial charge in [-0.15, -0.1) is 0 Å². The van der Waals surface area contributed by atoms with Gasteiger partial charge < -0.3 is 13.9 Å². The van der Waals surface area contributed by atoms with Gasteiger partial charge in [-0.3, -0.25) is 4.79 Å². The van der Waals surface area contributed by atoms with Gasteiger partial charge in [-0.05, 0) is 36.2 Å². The number of fused-ring (bicyclic) bond motifs is 2. The van der Waals surface area contributed by atoms with Crippen LogP contribution in [0.4, 0.5) is 0 Å². The lowest BCUT2D eigenvalue weighted by Crippen LogP contribution is -2.15. The van der Waals surface area contributed by atoms with Crippen molar-refractivity contribution < 1.29 is 18.7 Å². The first-order chi connectivity index (χ1) is 15.0. The van der Waals surface area contributed by atoms with Crippen molar-refractivity contribution in [3.05, 3.63) is 70.2 Å². The van der Waals surface area contributed by atoms with Crippen molar-refractivity contribution in [2.75, 3.05) is 7.11 Å². The van der Waals surface area contributed by atoms with Crippen LogP contribution in [0.1, 0.15) is 24.1 Å². The molecule has 0 spiro atoms. The minimum absolute atomic E-state index is 0.0102. The second-order valence-corrected chi connectivity index (χ2v) is 6.69. The third kappa shape index (κ3) is 3.81. The number of carbonyl (C=O) groups excluding carboxylic acids is 1. The lowest BCUT2D eigenvalue weighted by molar-refractivity contribution is -0.141. The molecule has 1 unspecified atom stereocenters. The Labute approximate surface area is 176 Å². The molecule has 2 aromatic heterocycles. The summed E-state index contributed by atoms with van der Waals surface area (Å²) in [6, 6.07) is 15.4. The zero-order valence-corrected chi connectivity index (χ0v) is 16.8. The van der Waals surface area contributed by atoms with Gasteiger partial charge in [0.15, 0.2) is 5.92 Å². The van der Waals surface area contributed by atoms with Crippen LogP contribution in [0.3, 0.4) is 0 Å². The summed E-state index contributed by atoms with van der Waals surface area (Å²) in [6.07, 6.45) is 0.672. The highest BCUT2D eigenvalue weighted by Gasteiger charge is 2.28. The van der Waals surface area contributed by atoms with E-state index in [1.165, 1.54) is 13.2 Å². The number of esters is 1. The van der Waals surface area contributed by atoms with E-state index in [0.717, 1.165) is 10.9 Å². The number of nitrogens with zero attached hydrogens (tertiary/aromatic N) is 3. The molecule has 0 aliphatic rings. The Morgan fingerprint density at radius 3 is 2.58 bits per heavy atom. The van der Waals surface area contributed by atoms with E-state index in [4.69, 9.17) is 13.9 Å². The molecule has 4 aromatic rings. The predicted octanol–water partition coefficient (Wildman–Crippen LogP) is 3.87. The van der Waals surface area contributed by atoms with Crippen molar-refractivity contribution in [2.24, 2.45) is 0 Å². The van der Waals surface area contributed by atoms with E-state index in [9.17, 15) is 14.9 Å². The largest absolute Gasteiger partial charge is 0.468 e.